The lowest BCUT2D eigenvalue weighted by Gasteiger charge is -2.18. The second-order valence-corrected chi connectivity index (χ2v) is 5.49. The Morgan fingerprint density at radius 1 is 1.41 bits per heavy atom. The summed E-state index contributed by atoms with van der Waals surface area (Å²) in [6.07, 6.45) is -3.86. The zero-order valence-electron chi connectivity index (χ0n) is 11.4. The van der Waals surface area contributed by atoms with Gasteiger partial charge in [-0.05, 0) is 24.6 Å². The van der Waals surface area contributed by atoms with E-state index in [2.05, 4.69) is 10.6 Å². The lowest BCUT2D eigenvalue weighted by atomic mass is 10.2. The number of carbonyl (C=O) groups is 1. The van der Waals surface area contributed by atoms with E-state index in [1.165, 1.54) is 17.0 Å². The van der Waals surface area contributed by atoms with E-state index in [4.69, 9.17) is 11.6 Å². The van der Waals surface area contributed by atoms with Gasteiger partial charge in [-0.15, -0.1) is 0 Å². The van der Waals surface area contributed by atoms with E-state index in [9.17, 15) is 22.4 Å². The summed E-state index contributed by atoms with van der Waals surface area (Å²) in [4.78, 5) is 13.0. The number of nitrogens with zero attached hydrogens (tertiary/aromatic N) is 1. The molecule has 0 saturated carbocycles. The molecule has 0 spiro atoms. The molecule has 0 unspecified atom stereocenters. The van der Waals surface area contributed by atoms with Crippen molar-refractivity contribution in [1.82, 2.24) is 10.2 Å². The van der Waals surface area contributed by atoms with Gasteiger partial charge in [-0.25, -0.2) is 9.18 Å². The number of hydrogen-bond acceptors (Lipinski definition) is 2. The summed E-state index contributed by atoms with van der Waals surface area (Å²) in [5.41, 5.74) is -0.0878. The maximum absolute atomic E-state index is 13.5. The van der Waals surface area contributed by atoms with Crippen LogP contribution in [0.4, 0.5) is 28.0 Å². The van der Waals surface area contributed by atoms with Crippen molar-refractivity contribution >= 4 is 23.3 Å². The van der Waals surface area contributed by atoms with Crippen molar-refractivity contribution in [3.8, 4) is 0 Å². The maximum Gasteiger partial charge on any atom is 0.401 e. The number of carbonyl (C=O) groups excluding carboxylic acids is 1. The third-order valence-electron chi connectivity index (χ3n) is 3.19. The Balaban J connectivity index is 1.84. The van der Waals surface area contributed by atoms with Gasteiger partial charge in [0.25, 0.3) is 0 Å². The van der Waals surface area contributed by atoms with E-state index in [1.807, 2.05) is 0 Å². The standard InChI is InChI=1S/C13H14ClF4N3O/c14-8-1-2-10(15)11(5-8)20-12(22)19-9-3-4-21(6-9)7-13(16,17)18/h1-2,5,9H,3-4,6-7H2,(H2,19,20,22)/t9-/m1/s1. The number of urea groups is 1. The van der Waals surface area contributed by atoms with Gasteiger partial charge in [-0.2, -0.15) is 13.2 Å². The van der Waals surface area contributed by atoms with Gasteiger partial charge in [0.05, 0.1) is 12.2 Å². The summed E-state index contributed by atoms with van der Waals surface area (Å²) in [7, 11) is 0. The van der Waals surface area contributed by atoms with Crippen LogP contribution in [0.1, 0.15) is 6.42 Å². The average molecular weight is 340 g/mol. The number of halogens is 5. The molecular weight excluding hydrogens is 326 g/mol. The quantitative estimate of drug-likeness (QED) is 0.830. The fourth-order valence-corrected chi connectivity index (χ4v) is 2.46. The lowest BCUT2D eigenvalue weighted by Crippen LogP contribution is -2.41. The predicted molar refractivity (Wildman–Crippen MR) is 74.5 cm³/mol. The Morgan fingerprint density at radius 2 is 2.14 bits per heavy atom. The van der Waals surface area contributed by atoms with E-state index in [-0.39, 0.29) is 23.8 Å². The molecule has 1 atom stereocenters. The number of rotatable bonds is 3. The van der Waals surface area contributed by atoms with Gasteiger partial charge in [0, 0.05) is 24.2 Å². The highest BCUT2D eigenvalue weighted by Gasteiger charge is 2.34. The number of amides is 2. The third-order valence-corrected chi connectivity index (χ3v) is 3.42. The monoisotopic (exact) mass is 339 g/mol. The highest BCUT2D eigenvalue weighted by molar-refractivity contribution is 6.30. The lowest BCUT2D eigenvalue weighted by molar-refractivity contribution is -0.143. The van der Waals surface area contributed by atoms with Gasteiger partial charge in [0.2, 0.25) is 0 Å². The second-order valence-electron chi connectivity index (χ2n) is 5.06. The van der Waals surface area contributed by atoms with Crippen molar-refractivity contribution in [3.05, 3.63) is 29.0 Å². The van der Waals surface area contributed by atoms with Crippen LogP contribution in [0.3, 0.4) is 0 Å². The molecule has 2 rings (SSSR count). The van der Waals surface area contributed by atoms with Crippen molar-refractivity contribution in [2.45, 2.75) is 18.6 Å². The minimum Gasteiger partial charge on any atom is -0.334 e. The Hall–Kier alpha value is -1.54. The molecule has 1 aromatic rings. The fourth-order valence-electron chi connectivity index (χ4n) is 2.28. The van der Waals surface area contributed by atoms with Crippen molar-refractivity contribution in [3.63, 3.8) is 0 Å². The van der Waals surface area contributed by atoms with Crippen LogP contribution in [0.5, 0.6) is 0 Å². The minimum atomic E-state index is -4.26. The maximum atomic E-state index is 13.5. The average Bonchev–Trinajstić information content (AvgIpc) is 2.78. The number of benzene rings is 1. The number of alkyl halides is 3. The smallest absolute Gasteiger partial charge is 0.334 e. The van der Waals surface area contributed by atoms with E-state index < -0.39 is 30.6 Å². The minimum absolute atomic E-state index is 0.0878. The Kier molecular flexibility index (Phi) is 5.12. The number of anilines is 1. The molecular formula is C13H14ClF4N3O. The third kappa shape index (κ3) is 5.03. The summed E-state index contributed by atoms with van der Waals surface area (Å²) in [6.45, 7) is -0.656. The summed E-state index contributed by atoms with van der Waals surface area (Å²) in [5, 5.41) is 5.07. The first-order valence-corrected chi connectivity index (χ1v) is 6.92. The van der Waals surface area contributed by atoms with Crippen molar-refractivity contribution in [2.24, 2.45) is 0 Å². The molecule has 1 heterocycles. The van der Waals surface area contributed by atoms with Gasteiger partial charge in [0.1, 0.15) is 5.82 Å². The Labute approximate surface area is 129 Å². The molecule has 122 valence electrons. The zero-order valence-corrected chi connectivity index (χ0v) is 12.1. The van der Waals surface area contributed by atoms with Crippen molar-refractivity contribution < 1.29 is 22.4 Å². The SMILES string of the molecule is O=C(Nc1cc(Cl)ccc1F)N[C@@H]1CCN(CC(F)(F)F)C1. The summed E-state index contributed by atoms with van der Waals surface area (Å²) < 4.78 is 50.3. The normalized spacial score (nSPS) is 19.2. The van der Waals surface area contributed by atoms with Crippen molar-refractivity contribution in [1.29, 1.82) is 0 Å². The summed E-state index contributed by atoms with van der Waals surface area (Å²) in [5.74, 6) is -0.648. The highest BCUT2D eigenvalue weighted by atomic mass is 35.5. The molecule has 9 heteroatoms. The molecule has 1 aromatic carbocycles. The second kappa shape index (κ2) is 6.70. The van der Waals surface area contributed by atoms with Crippen LogP contribution in [0.25, 0.3) is 0 Å². The van der Waals surface area contributed by atoms with Gasteiger partial charge in [-0.1, -0.05) is 11.6 Å². The number of nitrogens with one attached hydrogen (secondary N) is 2. The van der Waals surface area contributed by atoms with Crippen LogP contribution < -0.4 is 10.6 Å². The Bertz CT molecular complexity index is 553. The van der Waals surface area contributed by atoms with E-state index >= 15 is 0 Å². The van der Waals surface area contributed by atoms with Gasteiger partial charge in [0.15, 0.2) is 0 Å². The largest absolute Gasteiger partial charge is 0.401 e. The molecule has 0 aliphatic carbocycles. The molecule has 4 nitrogen and oxygen atoms in total. The summed E-state index contributed by atoms with van der Waals surface area (Å²) in [6, 6.07) is 2.61. The topological polar surface area (TPSA) is 44.4 Å². The Morgan fingerprint density at radius 3 is 2.82 bits per heavy atom. The first-order valence-electron chi connectivity index (χ1n) is 6.54. The summed E-state index contributed by atoms with van der Waals surface area (Å²) >= 11 is 5.70. The molecule has 2 N–H and O–H groups in total. The van der Waals surface area contributed by atoms with Crippen LogP contribution in [0.15, 0.2) is 18.2 Å². The molecule has 0 bridgehead atoms. The van der Waals surface area contributed by atoms with Crippen LogP contribution in [0, 0.1) is 5.82 Å². The molecule has 1 aliphatic heterocycles. The highest BCUT2D eigenvalue weighted by Crippen LogP contribution is 2.21. The van der Waals surface area contributed by atoms with E-state index in [0.717, 1.165) is 6.07 Å². The van der Waals surface area contributed by atoms with Crippen molar-refractivity contribution in [2.75, 3.05) is 25.0 Å². The van der Waals surface area contributed by atoms with Gasteiger partial charge >= 0.3 is 12.2 Å². The molecule has 2 amide bonds. The van der Waals surface area contributed by atoms with Crippen LogP contribution in [0.2, 0.25) is 5.02 Å². The zero-order chi connectivity index (χ0) is 16.3. The molecule has 0 radical (unpaired) electrons. The van der Waals surface area contributed by atoms with E-state index in [0.29, 0.717) is 6.42 Å². The fraction of sp³-hybridized carbons (Fsp3) is 0.462. The van der Waals surface area contributed by atoms with Crippen LogP contribution in [-0.4, -0.2) is 42.8 Å². The van der Waals surface area contributed by atoms with Gasteiger partial charge < -0.3 is 10.6 Å². The van der Waals surface area contributed by atoms with Crippen LogP contribution in [-0.2, 0) is 0 Å². The molecule has 1 fully saturated rings. The predicted octanol–water partition coefficient (Wildman–Crippen LogP) is 3.24. The molecule has 1 aliphatic rings. The molecule has 22 heavy (non-hydrogen) atoms. The molecule has 1 saturated heterocycles. The number of likely N-dealkylation sites (tertiary alicyclic amines) is 1. The van der Waals surface area contributed by atoms with E-state index in [1.54, 1.807) is 0 Å². The van der Waals surface area contributed by atoms with Crippen LogP contribution >= 0.6 is 11.6 Å². The van der Waals surface area contributed by atoms with Gasteiger partial charge in [-0.3, -0.25) is 4.90 Å². The number of hydrogen-bond donors (Lipinski definition) is 2. The molecule has 0 aromatic heterocycles. The first-order chi connectivity index (χ1) is 10.2. The first kappa shape index (κ1) is 16.8.